The van der Waals surface area contributed by atoms with Crippen LogP contribution in [-0.4, -0.2) is 61.1 Å². The zero-order chi connectivity index (χ0) is 11.4. The SMILES string of the molecule is NC(=O)N1CCCCC1CN1CCNCC1. The Kier molecular flexibility index (Phi) is 4.01. The van der Waals surface area contributed by atoms with Crippen LogP contribution in [0.15, 0.2) is 0 Å². The maximum atomic E-state index is 11.3. The maximum Gasteiger partial charge on any atom is 0.315 e. The van der Waals surface area contributed by atoms with Gasteiger partial charge in [-0.1, -0.05) is 0 Å². The summed E-state index contributed by atoms with van der Waals surface area (Å²) in [5, 5.41) is 3.34. The molecule has 0 aliphatic carbocycles. The number of rotatable bonds is 2. The summed E-state index contributed by atoms with van der Waals surface area (Å²) in [4.78, 5) is 15.6. The van der Waals surface area contributed by atoms with Crippen LogP contribution in [0.5, 0.6) is 0 Å². The van der Waals surface area contributed by atoms with Gasteiger partial charge in [0, 0.05) is 45.3 Å². The average molecular weight is 226 g/mol. The predicted octanol–water partition coefficient (Wildman–Crippen LogP) is -0.175. The van der Waals surface area contributed by atoms with E-state index < -0.39 is 0 Å². The third-order valence-corrected chi connectivity index (χ3v) is 3.59. The van der Waals surface area contributed by atoms with Gasteiger partial charge >= 0.3 is 6.03 Å². The molecule has 0 radical (unpaired) electrons. The van der Waals surface area contributed by atoms with Crippen LogP contribution in [0.3, 0.4) is 0 Å². The lowest BCUT2D eigenvalue weighted by Crippen LogP contribution is -2.54. The first kappa shape index (κ1) is 11.7. The van der Waals surface area contributed by atoms with Crippen LogP contribution in [-0.2, 0) is 0 Å². The molecule has 1 atom stereocenters. The molecule has 1 unspecified atom stereocenters. The van der Waals surface area contributed by atoms with Crippen molar-refractivity contribution in [1.29, 1.82) is 0 Å². The number of primary amides is 1. The van der Waals surface area contributed by atoms with E-state index in [1.807, 2.05) is 4.90 Å². The molecule has 92 valence electrons. The van der Waals surface area contributed by atoms with Crippen molar-refractivity contribution in [3.05, 3.63) is 0 Å². The monoisotopic (exact) mass is 226 g/mol. The van der Waals surface area contributed by atoms with Crippen molar-refractivity contribution >= 4 is 6.03 Å². The van der Waals surface area contributed by atoms with Crippen molar-refractivity contribution in [3.8, 4) is 0 Å². The van der Waals surface area contributed by atoms with Crippen LogP contribution in [0.1, 0.15) is 19.3 Å². The Balaban J connectivity index is 1.87. The molecule has 2 aliphatic rings. The van der Waals surface area contributed by atoms with Crippen LogP contribution in [0.25, 0.3) is 0 Å². The lowest BCUT2D eigenvalue weighted by molar-refractivity contribution is 0.119. The largest absolute Gasteiger partial charge is 0.351 e. The quantitative estimate of drug-likeness (QED) is 0.687. The molecule has 2 saturated heterocycles. The van der Waals surface area contributed by atoms with Gasteiger partial charge in [-0.05, 0) is 19.3 Å². The molecule has 2 heterocycles. The van der Waals surface area contributed by atoms with Crippen LogP contribution in [0, 0.1) is 0 Å². The van der Waals surface area contributed by atoms with Gasteiger partial charge in [0.2, 0.25) is 0 Å². The van der Waals surface area contributed by atoms with E-state index in [9.17, 15) is 4.79 Å². The predicted molar refractivity (Wildman–Crippen MR) is 63.2 cm³/mol. The number of carbonyl (C=O) groups excluding carboxylic acids is 1. The van der Waals surface area contributed by atoms with Gasteiger partial charge < -0.3 is 16.0 Å². The number of likely N-dealkylation sites (tertiary alicyclic amines) is 1. The molecular formula is C11H22N4O. The molecule has 0 spiro atoms. The second-order valence-corrected chi connectivity index (χ2v) is 4.73. The fourth-order valence-electron chi connectivity index (χ4n) is 2.67. The zero-order valence-corrected chi connectivity index (χ0v) is 9.82. The number of carbonyl (C=O) groups is 1. The molecule has 2 aliphatic heterocycles. The van der Waals surface area contributed by atoms with Crippen molar-refractivity contribution in [2.45, 2.75) is 25.3 Å². The van der Waals surface area contributed by atoms with E-state index >= 15 is 0 Å². The van der Waals surface area contributed by atoms with Crippen molar-refractivity contribution in [2.75, 3.05) is 39.3 Å². The summed E-state index contributed by atoms with van der Waals surface area (Å²) in [5.41, 5.74) is 5.42. The number of urea groups is 1. The Morgan fingerprint density at radius 2 is 2.00 bits per heavy atom. The lowest BCUT2D eigenvalue weighted by Gasteiger charge is -2.38. The summed E-state index contributed by atoms with van der Waals surface area (Å²) in [6.07, 6.45) is 3.43. The van der Waals surface area contributed by atoms with Gasteiger partial charge in [-0.25, -0.2) is 4.79 Å². The summed E-state index contributed by atoms with van der Waals surface area (Å²) < 4.78 is 0. The molecule has 2 fully saturated rings. The summed E-state index contributed by atoms with van der Waals surface area (Å²) >= 11 is 0. The fraction of sp³-hybridized carbons (Fsp3) is 0.909. The van der Waals surface area contributed by atoms with Crippen molar-refractivity contribution in [3.63, 3.8) is 0 Å². The first-order chi connectivity index (χ1) is 7.77. The van der Waals surface area contributed by atoms with Gasteiger partial charge in [-0.3, -0.25) is 4.90 Å². The Morgan fingerprint density at radius 3 is 2.69 bits per heavy atom. The molecule has 16 heavy (non-hydrogen) atoms. The second kappa shape index (κ2) is 5.50. The molecule has 0 saturated carbocycles. The number of nitrogens with one attached hydrogen (secondary N) is 1. The molecule has 5 heteroatoms. The third-order valence-electron chi connectivity index (χ3n) is 3.59. The fourth-order valence-corrected chi connectivity index (χ4v) is 2.67. The minimum Gasteiger partial charge on any atom is -0.351 e. The van der Waals surface area contributed by atoms with Gasteiger partial charge in [-0.15, -0.1) is 0 Å². The Bertz CT molecular complexity index is 240. The first-order valence-corrected chi connectivity index (χ1v) is 6.26. The number of piperazine rings is 1. The molecular weight excluding hydrogens is 204 g/mol. The lowest BCUT2D eigenvalue weighted by atomic mass is 10.0. The Morgan fingerprint density at radius 1 is 1.25 bits per heavy atom. The van der Waals surface area contributed by atoms with E-state index in [1.54, 1.807) is 0 Å². The highest BCUT2D eigenvalue weighted by molar-refractivity contribution is 5.72. The van der Waals surface area contributed by atoms with Crippen molar-refractivity contribution in [1.82, 2.24) is 15.1 Å². The first-order valence-electron chi connectivity index (χ1n) is 6.26. The van der Waals surface area contributed by atoms with Crippen LogP contribution >= 0.6 is 0 Å². The zero-order valence-electron chi connectivity index (χ0n) is 9.82. The molecule has 0 aromatic carbocycles. The van der Waals surface area contributed by atoms with E-state index in [1.165, 1.54) is 6.42 Å². The number of hydrogen-bond acceptors (Lipinski definition) is 3. The summed E-state index contributed by atoms with van der Waals surface area (Å²) in [5.74, 6) is 0. The van der Waals surface area contributed by atoms with Crippen LogP contribution in [0.4, 0.5) is 4.79 Å². The highest BCUT2D eigenvalue weighted by Gasteiger charge is 2.27. The van der Waals surface area contributed by atoms with Gasteiger partial charge in [0.05, 0.1) is 0 Å². The van der Waals surface area contributed by atoms with Gasteiger partial charge in [-0.2, -0.15) is 0 Å². The Labute approximate surface area is 96.9 Å². The summed E-state index contributed by atoms with van der Waals surface area (Å²) in [7, 11) is 0. The van der Waals surface area contributed by atoms with Gasteiger partial charge in [0.25, 0.3) is 0 Å². The van der Waals surface area contributed by atoms with Crippen LogP contribution < -0.4 is 11.1 Å². The van der Waals surface area contributed by atoms with Gasteiger partial charge in [0.15, 0.2) is 0 Å². The Hall–Kier alpha value is -0.810. The van der Waals surface area contributed by atoms with E-state index in [-0.39, 0.29) is 6.03 Å². The van der Waals surface area contributed by atoms with E-state index in [4.69, 9.17) is 5.73 Å². The second-order valence-electron chi connectivity index (χ2n) is 4.73. The highest BCUT2D eigenvalue weighted by Crippen LogP contribution is 2.17. The topological polar surface area (TPSA) is 61.6 Å². The molecule has 0 bridgehead atoms. The van der Waals surface area contributed by atoms with E-state index in [0.717, 1.165) is 52.1 Å². The number of amides is 2. The molecule has 2 rings (SSSR count). The number of piperidine rings is 1. The molecule has 5 nitrogen and oxygen atoms in total. The average Bonchev–Trinajstić information content (AvgIpc) is 2.31. The molecule has 0 aromatic heterocycles. The van der Waals surface area contributed by atoms with Crippen molar-refractivity contribution < 1.29 is 4.79 Å². The van der Waals surface area contributed by atoms with E-state index in [0.29, 0.717) is 6.04 Å². The number of hydrogen-bond donors (Lipinski definition) is 2. The third kappa shape index (κ3) is 2.86. The molecule has 0 aromatic rings. The summed E-state index contributed by atoms with van der Waals surface area (Å²) in [6, 6.07) is 0.0872. The smallest absolute Gasteiger partial charge is 0.315 e. The standard InChI is InChI=1S/C11H22N4O/c12-11(16)15-6-2-1-3-10(15)9-14-7-4-13-5-8-14/h10,13H,1-9H2,(H2,12,16). The minimum atomic E-state index is -0.250. The normalized spacial score (nSPS) is 28.0. The summed E-state index contributed by atoms with van der Waals surface area (Å²) in [6.45, 7) is 6.12. The van der Waals surface area contributed by atoms with Crippen LogP contribution in [0.2, 0.25) is 0 Å². The van der Waals surface area contributed by atoms with Gasteiger partial charge in [0.1, 0.15) is 0 Å². The number of nitrogens with two attached hydrogens (primary N) is 1. The van der Waals surface area contributed by atoms with Crippen molar-refractivity contribution in [2.24, 2.45) is 5.73 Å². The van der Waals surface area contributed by atoms with E-state index in [2.05, 4.69) is 10.2 Å². The molecule has 3 N–H and O–H groups in total. The highest BCUT2D eigenvalue weighted by atomic mass is 16.2. The maximum absolute atomic E-state index is 11.3. The minimum absolute atomic E-state index is 0.250. The number of nitrogens with zero attached hydrogens (tertiary/aromatic N) is 2. The molecule has 2 amide bonds.